The van der Waals surface area contributed by atoms with Gasteiger partial charge in [0.05, 0.1) is 21.1 Å². The van der Waals surface area contributed by atoms with Gasteiger partial charge in [-0.15, -0.1) is 11.3 Å². The normalized spacial score (nSPS) is 17.9. The molecule has 218 valence electrons. The van der Waals surface area contributed by atoms with E-state index in [9.17, 15) is 24.5 Å². The number of rotatable bonds is 10. The van der Waals surface area contributed by atoms with Gasteiger partial charge in [0.15, 0.2) is 13.4 Å². The first-order valence-corrected chi connectivity index (χ1v) is 18.8. The van der Waals surface area contributed by atoms with Crippen LogP contribution in [0.25, 0.3) is 10.2 Å². The third-order valence-electron chi connectivity index (χ3n) is 6.64. The fourth-order valence-electron chi connectivity index (χ4n) is 4.36. The van der Waals surface area contributed by atoms with Crippen LogP contribution in [0.1, 0.15) is 26.3 Å². The summed E-state index contributed by atoms with van der Waals surface area (Å²) in [6, 6.07) is 13.2. The van der Waals surface area contributed by atoms with E-state index in [1.807, 2.05) is 45.0 Å². The van der Waals surface area contributed by atoms with E-state index in [2.05, 4.69) is 18.1 Å². The number of likely N-dealkylation sites (tertiary alicyclic amines) is 1. The maximum absolute atomic E-state index is 13.5. The molecule has 2 amide bonds. The average Bonchev–Trinajstić information content (AvgIpc) is 3.33. The molecule has 0 spiro atoms. The highest BCUT2D eigenvalue weighted by Gasteiger charge is 2.58. The molecule has 0 N–H and O–H groups in total. The summed E-state index contributed by atoms with van der Waals surface area (Å²) in [6.07, 6.45) is 0. The van der Waals surface area contributed by atoms with Gasteiger partial charge in [0.2, 0.25) is 5.91 Å². The molecule has 0 radical (unpaired) electrons. The average molecular weight is 634 g/mol. The number of aromatic nitrogens is 1. The first-order chi connectivity index (χ1) is 19.4. The van der Waals surface area contributed by atoms with Crippen LogP contribution in [-0.2, 0) is 30.2 Å². The van der Waals surface area contributed by atoms with E-state index in [1.165, 1.54) is 57.2 Å². The summed E-state index contributed by atoms with van der Waals surface area (Å²) in [5.74, 6) is -3.36. The predicted octanol–water partition coefficient (Wildman–Crippen LogP) is 5.66. The largest absolute Gasteiger partial charge is 0.454 e. The van der Waals surface area contributed by atoms with Gasteiger partial charge in [-0.05, 0) is 59.1 Å². The highest BCUT2D eigenvalue weighted by atomic mass is 33.1. The number of carbonyl (C=O) groups excluding carboxylic acids is 3. The zero-order chi connectivity index (χ0) is 29.9. The number of thiazole rings is 1. The number of β-lactam (4-membered cyclic amide) rings is 1. The molecule has 1 fully saturated rings. The summed E-state index contributed by atoms with van der Waals surface area (Å²) in [7, 11) is 1.33. The van der Waals surface area contributed by atoms with E-state index >= 15 is 0 Å². The van der Waals surface area contributed by atoms with Gasteiger partial charge in [0, 0.05) is 24.7 Å². The van der Waals surface area contributed by atoms with Crippen LogP contribution < -0.4 is 0 Å². The number of carbonyl (C=O) groups is 3. The molecule has 10 nitrogen and oxygen atoms in total. The third-order valence-corrected chi connectivity index (χ3v) is 11.5. The minimum atomic E-state index is -1.37. The van der Waals surface area contributed by atoms with Crippen molar-refractivity contribution in [2.24, 2.45) is 17.3 Å². The number of nitrogens with zero attached hydrogens (tertiary/aromatic N) is 3. The lowest BCUT2D eigenvalue weighted by molar-refractivity contribution is -0.384. The van der Waals surface area contributed by atoms with Crippen LogP contribution in [0.3, 0.4) is 0 Å². The second-order valence-corrected chi connectivity index (χ2v) is 16.9. The molecule has 2 aromatic carbocycles. The van der Waals surface area contributed by atoms with Gasteiger partial charge in [0.1, 0.15) is 12.0 Å². The summed E-state index contributed by atoms with van der Waals surface area (Å²) in [4.78, 5) is 55.5. The Labute approximate surface area is 251 Å². The van der Waals surface area contributed by atoms with Crippen LogP contribution in [0.4, 0.5) is 5.69 Å². The lowest BCUT2D eigenvalue weighted by Gasteiger charge is -2.50. The standard InChI is InChI=1S/C27H31N3O7S3Si/c1-27(2,3)18(15-37-41(4)5)21-22(31)29(24(21)39-40-26-28-19-8-6-7-9-20(19)38-26)23(32)25(33)36-14-16-10-12-17(13-11-16)30(34)35/h6-13,18,21,24,41H,14-15H2,1-5H3/t18-,21+,24-/m1/s1. The van der Waals surface area contributed by atoms with Gasteiger partial charge in [-0.25, -0.2) is 9.78 Å². The van der Waals surface area contributed by atoms with Crippen molar-refractivity contribution in [1.29, 1.82) is 0 Å². The molecule has 1 aliphatic heterocycles. The first-order valence-electron chi connectivity index (χ1n) is 12.9. The first kappa shape index (κ1) is 31.2. The van der Waals surface area contributed by atoms with E-state index < -0.39 is 43.0 Å². The minimum Gasteiger partial charge on any atom is -0.454 e. The second kappa shape index (κ2) is 13.0. The van der Waals surface area contributed by atoms with Gasteiger partial charge in [-0.2, -0.15) is 0 Å². The van der Waals surface area contributed by atoms with Gasteiger partial charge < -0.3 is 9.16 Å². The molecule has 4 rings (SSSR count). The molecule has 3 aromatic rings. The highest BCUT2D eigenvalue weighted by molar-refractivity contribution is 8.77. The number of imide groups is 1. The van der Waals surface area contributed by atoms with Crippen LogP contribution >= 0.6 is 32.9 Å². The summed E-state index contributed by atoms with van der Waals surface area (Å²) < 4.78 is 13.1. The van der Waals surface area contributed by atoms with E-state index in [0.29, 0.717) is 12.2 Å². The van der Waals surface area contributed by atoms with Crippen molar-refractivity contribution in [1.82, 2.24) is 9.88 Å². The summed E-state index contributed by atoms with van der Waals surface area (Å²) in [5, 5.41) is 10.2. The van der Waals surface area contributed by atoms with Crippen molar-refractivity contribution in [2.75, 3.05) is 6.61 Å². The van der Waals surface area contributed by atoms with Crippen LogP contribution in [0.2, 0.25) is 13.1 Å². The van der Waals surface area contributed by atoms with Crippen molar-refractivity contribution in [3.8, 4) is 0 Å². The van der Waals surface area contributed by atoms with Gasteiger partial charge in [-0.3, -0.25) is 24.6 Å². The Morgan fingerprint density at radius 1 is 1.17 bits per heavy atom. The molecule has 1 aliphatic rings. The lowest BCUT2D eigenvalue weighted by Crippen LogP contribution is -2.66. The van der Waals surface area contributed by atoms with Crippen LogP contribution in [-0.4, -0.2) is 53.6 Å². The maximum Gasteiger partial charge on any atom is 0.397 e. The number of hydrogen-bond acceptors (Lipinski definition) is 11. The van der Waals surface area contributed by atoms with E-state index in [-0.39, 0.29) is 23.6 Å². The molecule has 1 saturated heterocycles. The lowest BCUT2D eigenvalue weighted by atomic mass is 9.70. The molecule has 0 bridgehead atoms. The molecule has 0 unspecified atom stereocenters. The molecular formula is C27H31N3O7S3Si. The van der Waals surface area contributed by atoms with E-state index in [4.69, 9.17) is 9.16 Å². The smallest absolute Gasteiger partial charge is 0.397 e. The third kappa shape index (κ3) is 7.36. The Balaban J connectivity index is 1.52. The Hall–Kier alpha value is -2.78. The second-order valence-electron chi connectivity index (χ2n) is 10.9. The maximum atomic E-state index is 13.5. The number of esters is 1. The number of para-hydroxylation sites is 1. The number of nitro groups is 1. The van der Waals surface area contributed by atoms with E-state index in [0.717, 1.165) is 19.5 Å². The van der Waals surface area contributed by atoms with Crippen molar-refractivity contribution in [2.45, 2.75) is 50.2 Å². The zero-order valence-electron chi connectivity index (χ0n) is 23.3. The summed E-state index contributed by atoms with van der Waals surface area (Å²) >= 11 is 1.52. The Morgan fingerprint density at radius 3 is 2.46 bits per heavy atom. The fraction of sp³-hybridized carbons (Fsp3) is 0.407. The monoisotopic (exact) mass is 633 g/mol. The molecular weight excluding hydrogens is 603 g/mol. The Morgan fingerprint density at radius 2 is 1.85 bits per heavy atom. The van der Waals surface area contributed by atoms with Crippen LogP contribution in [0.5, 0.6) is 0 Å². The number of benzene rings is 2. The Bertz CT molecular complexity index is 1410. The number of ether oxygens (including phenoxy) is 1. The zero-order valence-corrected chi connectivity index (χ0v) is 26.9. The molecule has 1 aromatic heterocycles. The number of non-ortho nitro benzene ring substituents is 1. The number of fused-ring (bicyclic) bond motifs is 1. The predicted molar refractivity (Wildman–Crippen MR) is 163 cm³/mol. The molecule has 14 heteroatoms. The van der Waals surface area contributed by atoms with Gasteiger partial charge in [0.25, 0.3) is 5.69 Å². The summed E-state index contributed by atoms with van der Waals surface area (Å²) in [5.41, 5.74) is 0.947. The van der Waals surface area contributed by atoms with Gasteiger partial charge >= 0.3 is 11.9 Å². The summed E-state index contributed by atoms with van der Waals surface area (Å²) in [6.45, 7) is 10.4. The van der Waals surface area contributed by atoms with Crippen molar-refractivity contribution in [3.05, 3.63) is 64.2 Å². The van der Waals surface area contributed by atoms with Crippen molar-refractivity contribution in [3.63, 3.8) is 0 Å². The van der Waals surface area contributed by atoms with Crippen LogP contribution in [0.15, 0.2) is 52.9 Å². The molecule has 41 heavy (non-hydrogen) atoms. The van der Waals surface area contributed by atoms with Crippen molar-refractivity contribution < 1.29 is 28.5 Å². The van der Waals surface area contributed by atoms with Crippen molar-refractivity contribution >= 4 is 75.7 Å². The number of nitro benzene ring substituents is 1. The highest BCUT2D eigenvalue weighted by Crippen LogP contribution is 2.51. The van der Waals surface area contributed by atoms with Crippen LogP contribution in [0, 0.1) is 27.4 Å². The molecule has 2 heterocycles. The van der Waals surface area contributed by atoms with Gasteiger partial charge in [-0.1, -0.05) is 43.7 Å². The number of amides is 2. The number of hydrogen-bond donors (Lipinski definition) is 0. The minimum absolute atomic E-state index is 0.101. The topological polar surface area (TPSA) is 129 Å². The molecule has 0 saturated carbocycles. The molecule has 3 atom stereocenters. The fourth-order valence-corrected chi connectivity index (χ4v) is 9.02. The molecule has 0 aliphatic carbocycles. The SMILES string of the molecule is C[SiH](C)OC[C@H]([C@H]1C(=O)N(C(=O)C(=O)OCc2ccc([N+](=O)[O-])cc2)[C@@H]1SSc1nc2ccccc2s1)C(C)(C)C. The quantitative estimate of drug-likeness (QED) is 0.0524. The Kier molecular flexibility index (Phi) is 9.90. The van der Waals surface area contributed by atoms with E-state index in [1.54, 1.807) is 0 Å².